The molecule has 15 heavy (non-hydrogen) atoms. The quantitative estimate of drug-likeness (QED) is 0.736. The number of benzene rings is 1. The molecule has 0 atom stereocenters. The molecule has 1 aliphatic rings. The van der Waals surface area contributed by atoms with Gasteiger partial charge in [-0.15, -0.1) is 0 Å². The third-order valence-electron chi connectivity index (χ3n) is 2.69. The van der Waals surface area contributed by atoms with Crippen molar-refractivity contribution in [3.8, 4) is 0 Å². The minimum Gasteiger partial charge on any atom is -0.380 e. The van der Waals surface area contributed by atoms with Gasteiger partial charge >= 0.3 is 0 Å². The molecule has 0 fully saturated rings. The number of hydrogen-bond donors (Lipinski definition) is 0. The van der Waals surface area contributed by atoms with E-state index in [0.717, 1.165) is 19.5 Å². The molecule has 0 N–H and O–H groups in total. The maximum atomic E-state index is 5.22. The van der Waals surface area contributed by atoms with E-state index in [1.807, 2.05) is 6.07 Å². The van der Waals surface area contributed by atoms with Gasteiger partial charge in [-0.05, 0) is 23.1 Å². The fourth-order valence-electron chi connectivity index (χ4n) is 1.97. The first-order chi connectivity index (χ1) is 7.42. The molecular formula is C13H16NO. The molecule has 0 unspecified atom stereocenters. The van der Waals surface area contributed by atoms with E-state index in [9.17, 15) is 0 Å². The molecule has 2 heteroatoms. The van der Waals surface area contributed by atoms with E-state index in [1.54, 1.807) is 7.11 Å². The Bertz CT molecular complexity index is 343. The highest BCUT2D eigenvalue weighted by molar-refractivity contribution is 5.70. The van der Waals surface area contributed by atoms with Gasteiger partial charge in [0.2, 0.25) is 0 Å². The summed E-state index contributed by atoms with van der Waals surface area (Å²) in [5.74, 6) is 0. The summed E-state index contributed by atoms with van der Waals surface area (Å²) >= 11 is 0. The van der Waals surface area contributed by atoms with Crippen LogP contribution in [0.1, 0.15) is 12.0 Å². The van der Waals surface area contributed by atoms with Crippen LogP contribution in [0.15, 0.2) is 35.9 Å². The van der Waals surface area contributed by atoms with E-state index in [-0.39, 0.29) is 0 Å². The second kappa shape index (κ2) is 5.10. The van der Waals surface area contributed by atoms with Gasteiger partial charge < -0.3 is 4.74 Å². The summed E-state index contributed by atoms with van der Waals surface area (Å²) in [4.78, 5) is 0. The Morgan fingerprint density at radius 1 is 1.27 bits per heavy atom. The second-order valence-corrected chi connectivity index (χ2v) is 3.74. The molecule has 0 aromatic heterocycles. The normalized spacial score (nSPS) is 16.9. The number of methoxy groups -OCH3 is 1. The molecule has 0 aliphatic carbocycles. The highest BCUT2D eigenvalue weighted by Gasteiger charge is 2.13. The van der Waals surface area contributed by atoms with Crippen molar-refractivity contribution in [2.45, 2.75) is 6.42 Å². The van der Waals surface area contributed by atoms with Gasteiger partial charge in [0.15, 0.2) is 0 Å². The average molecular weight is 202 g/mol. The Hall–Kier alpha value is -1.12. The summed E-state index contributed by atoms with van der Waals surface area (Å²) in [6, 6.07) is 10.5. The average Bonchev–Trinajstić information content (AvgIpc) is 2.31. The van der Waals surface area contributed by atoms with Crippen LogP contribution in [-0.4, -0.2) is 26.8 Å². The van der Waals surface area contributed by atoms with Crippen LogP contribution in [0, 0.1) is 0 Å². The zero-order chi connectivity index (χ0) is 10.5. The third kappa shape index (κ3) is 2.46. The van der Waals surface area contributed by atoms with Crippen molar-refractivity contribution in [2.24, 2.45) is 0 Å². The monoisotopic (exact) mass is 202 g/mol. The molecule has 1 radical (unpaired) electrons. The first-order valence-electron chi connectivity index (χ1n) is 5.30. The van der Waals surface area contributed by atoms with Crippen molar-refractivity contribution in [3.63, 3.8) is 0 Å². The Morgan fingerprint density at radius 2 is 2.07 bits per heavy atom. The molecule has 1 heterocycles. The van der Waals surface area contributed by atoms with Gasteiger partial charge in [0, 0.05) is 20.2 Å². The van der Waals surface area contributed by atoms with Crippen LogP contribution in [0.2, 0.25) is 0 Å². The third-order valence-corrected chi connectivity index (χ3v) is 2.69. The molecule has 0 saturated carbocycles. The zero-order valence-corrected chi connectivity index (χ0v) is 9.07. The standard InChI is InChI=1S/C13H16NO/c1-15-10-12-9-14-8-7-13(12)11-5-3-2-4-6-11/h2-6H,7-10H2,1H3. The number of hydrogen-bond acceptors (Lipinski definition) is 1. The van der Waals surface area contributed by atoms with Crippen molar-refractivity contribution in [3.05, 3.63) is 41.5 Å². The minimum absolute atomic E-state index is 0.702. The van der Waals surface area contributed by atoms with E-state index >= 15 is 0 Å². The lowest BCUT2D eigenvalue weighted by Crippen LogP contribution is -2.20. The highest BCUT2D eigenvalue weighted by atomic mass is 16.5. The molecule has 79 valence electrons. The van der Waals surface area contributed by atoms with E-state index in [0.29, 0.717) is 6.61 Å². The summed E-state index contributed by atoms with van der Waals surface area (Å²) in [5.41, 5.74) is 4.07. The molecule has 2 nitrogen and oxygen atoms in total. The number of nitrogens with zero attached hydrogens (tertiary/aromatic N) is 1. The van der Waals surface area contributed by atoms with Gasteiger partial charge in [0.05, 0.1) is 6.61 Å². The second-order valence-electron chi connectivity index (χ2n) is 3.74. The lowest BCUT2D eigenvalue weighted by atomic mass is 9.95. The molecule has 0 bridgehead atoms. The lowest BCUT2D eigenvalue weighted by Gasteiger charge is -2.20. The molecule has 0 spiro atoms. The smallest absolute Gasteiger partial charge is 0.0691 e. The predicted octanol–water partition coefficient (Wildman–Crippen LogP) is 2.09. The molecular weight excluding hydrogens is 186 g/mol. The van der Waals surface area contributed by atoms with Crippen LogP contribution in [0.3, 0.4) is 0 Å². The maximum absolute atomic E-state index is 5.22. The molecule has 1 aromatic rings. The van der Waals surface area contributed by atoms with Crippen molar-refractivity contribution in [1.82, 2.24) is 5.32 Å². The van der Waals surface area contributed by atoms with E-state index in [2.05, 4.69) is 29.6 Å². The predicted molar refractivity (Wildman–Crippen MR) is 61.7 cm³/mol. The summed E-state index contributed by atoms with van der Waals surface area (Å²) in [6.07, 6.45) is 1.04. The molecule has 1 aromatic carbocycles. The van der Waals surface area contributed by atoms with E-state index < -0.39 is 0 Å². The zero-order valence-electron chi connectivity index (χ0n) is 9.07. The van der Waals surface area contributed by atoms with Gasteiger partial charge in [0.1, 0.15) is 0 Å². The molecule has 0 amide bonds. The largest absolute Gasteiger partial charge is 0.380 e. The maximum Gasteiger partial charge on any atom is 0.0691 e. The van der Waals surface area contributed by atoms with E-state index in [4.69, 9.17) is 4.74 Å². The SMILES string of the molecule is COCC1=C(c2ccccc2)CC[N]C1. The van der Waals surface area contributed by atoms with Gasteiger partial charge in [-0.1, -0.05) is 30.3 Å². The lowest BCUT2D eigenvalue weighted by molar-refractivity contribution is 0.223. The van der Waals surface area contributed by atoms with E-state index in [1.165, 1.54) is 16.7 Å². The topological polar surface area (TPSA) is 23.3 Å². The van der Waals surface area contributed by atoms with Gasteiger partial charge in [-0.25, -0.2) is 5.32 Å². The first-order valence-corrected chi connectivity index (χ1v) is 5.30. The van der Waals surface area contributed by atoms with Crippen molar-refractivity contribution < 1.29 is 4.74 Å². The Kier molecular flexibility index (Phi) is 3.54. The van der Waals surface area contributed by atoms with Gasteiger partial charge in [-0.3, -0.25) is 0 Å². The van der Waals surface area contributed by atoms with Crippen molar-refractivity contribution in [1.29, 1.82) is 0 Å². The fourth-order valence-corrected chi connectivity index (χ4v) is 1.97. The summed E-state index contributed by atoms with van der Waals surface area (Å²) in [7, 11) is 1.74. The van der Waals surface area contributed by atoms with Crippen LogP contribution in [0.4, 0.5) is 0 Å². The van der Waals surface area contributed by atoms with Crippen molar-refractivity contribution >= 4 is 5.57 Å². The Labute approximate surface area is 91.0 Å². The number of ether oxygens (including phenoxy) is 1. The van der Waals surface area contributed by atoms with Gasteiger partial charge in [0.25, 0.3) is 0 Å². The van der Waals surface area contributed by atoms with Crippen LogP contribution >= 0.6 is 0 Å². The minimum atomic E-state index is 0.702. The number of rotatable bonds is 3. The summed E-state index contributed by atoms with van der Waals surface area (Å²) < 4.78 is 5.22. The van der Waals surface area contributed by atoms with Crippen LogP contribution in [-0.2, 0) is 4.74 Å². The Balaban J connectivity index is 2.30. The Morgan fingerprint density at radius 3 is 2.80 bits per heavy atom. The van der Waals surface area contributed by atoms with Gasteiger partial charge in [-0.2, -0.15) is 0 Å². The molecule has 0 saturated heterocycles. The molecule has 1 aliphatic heterocycles. The summed E-state index contributed by atoms with van der Waals surface area (Å²) in [5, 5.41) is 4.42. The van der Waals surface area contributed by atoms with Crippen LogP contribution < -0.4 is 5.32 Å². The van der Waals surface area contributed by atoms with Crippen LogP contribution in [0.5, 0.6) is 0 Å². The molecule has 2 rings (SSSR count). The summed E-state index contributed by atoms with van der Waals surface area (Å²) in [6.45, 7) is 2.48. The van der Waals surface area contributed by atoms with Crippen molar-refractivity contribution in [2.75, 3.05) is 26.8 Å². The first kappa shape index (κ1) is 10.4. The fraction of sp³-hybridized carbons (Fsp3) is 0.385. The highest BCUT2D eigenvalue weighted by Crippen LogP contribution is 2.24. The van der Waals surface area contributed by atoms with Crippen LogP contribution in [0.25, 0.3) is 5.57 Å².